The number of amides is 1. The molecule has 1 amide bonds. The van der Waals surface area contributed by atoms with Crippen molar-refractivity contribution in [1.29, 1.82) is 0 Å². The van der Waals surface area contributed by atoms with Crippen molar-refractivity contribution < 1.29 is 9.18 Å². The van der Waals surface area contributed by atoms with Crippen molar-refractivity contribution in [2.45, 2.75) is 31.7 Å². The predicted octanol–water partition coefficient (Wildman–Crippen LogP) is 3.70. The van der Waals surface area contributed by atoms with Crippen LogP contribution in [0.5, 0.6) is 0 Å². The lowest BCUT2D eigenvalue weighted by Crippen LogP contribution is -2.33. The van der Waals surface area contributed by atoms with Crippen molar-refractivity contribution in [1.82, 2.24) is 10.2 Å². The van der Waals surface area contributed by atoms with E-state index in [-0.39, 0.29) is 28.7 Å². The van der Waals surface area contributed by atoms with Gasteiger partial charge in [-0.2, -0.15) is 0 Å². The van der Waals surface area contributed by atoms with Crippen LogP contribution in [0.3, 0.4) is 0 Å². The van der Waals surface area contributed by atoms with E-state index in [0.717, 1.165) is 43.4 Å². The first kappa shape index (κ1) is 16.5. The smallest absolute Gasteiger partial charge is 0.246 e. The maximum Gasteiger partial charge on any atom is 0.246 e. The molecule has 5 heteroatoms. The standard InChI is InChI=1S/C18H22ClFN2O/c1-22-9-8-14(11-21-18(23)12-4-2-3-5-12)17(22)13-6-7-15(19)16(20)10-13/h4,6-7,10,14,17H,2-3,5,8-9,11H2,1H3,(H,21,23)/t14-,17+/m1/s1. The van der Waals surface area contributed by atoms with E-state index in [4.69, 9.17) is 11.6 Å². The van der Waals surface area contributed by atoms with Gasteiger partial charge in [-0.1, -0.05) is 23.7 Å². The van der Waals surface area contributed by atoms with Crippen molar-refractivity contribution in [3.8, 4) is 0 Å². The third-order valence-corrected chi connectivity index (χ3v) is 5.22. The summed E-state index contributed by atoms with van der Waals surface area (Å²) in [4.78, 5) is 14.4. The number of hydrogen-bond donors (Lipinski definition) is 1. The fourth-order valence-corrected chi connectivity index (χ4v) is 3.79. The van der Waals surface area contributed by atoms with Crippen LogP contribution < -0.4 is 5.32 Å². The second-order valence-electron chi connectivity index (χ2n) is 6.48. The van der Waals surface area contributed by atoms with Gasteiger partial charge in [-0.05, 0) is 62.9 Å². The van der Waals surface area contributed by atoms with Crippen molar-refractivity contribution in [2.75, 3.05) is 20.1 Å². The number of allylic oxidation sites excluding steroid dienone is 1. The van der Waals surface area contributed by atoms with Crippen molar-refractivity contribution in [3.63, 3.8) is 0 Å². The molecule has 3 rings (SSSR count). The summed E-state index contributed by atoms with van der Waals surface area (Å²) in [6.07, 6.45) is 5.97. The average molecular weight is 337 g/mol. The van der Waals surface area contributed by atoms with Crippen LogP contribution in [0.2, 0.25) is 5.02 Å². The lowest BCUT2D eigenvalue weighted by Gasteiger charge is -2.26. The molecule has 0 aromatic heterocycles. The average Bonchev–Trinajstić information content (AvgIpc) is 3.18. The van der Waals surface area contributed by atoms with Crippen molar-refractivity contribution in [2.24, 2.45) is 5.92 Å². The molecule has 0 radical (unpaired) electrons. The molecule has 1 aliphatic heterocycles. The van der Waals surface area contributed by atoms with Crippen LogP contribution in [0.25, 0.3) is 0 Å². The van der Waals surface area contributed by atoms with E-state index >= 15 is 0 Å². The summed E-state index contributed by atoms with van der Waals surface area (Å²) in [6.45, 7) is 1.56. The zero-order chi connectivity index (χ0) is 16.4. The minimum absolute atomic E-state index is 0.0538. The van der Waals surface area contributed by atoms with Crippen LogP contribution in [0.15, 0.2) is 29.8 Å². The molecule has 1 aromatic carbocycles. The Morgan fingerprint density at radius 3 is 3.00 bits per heavy atom. The highest BCUT2D eigenvalue weighted by molar-refractivity contribution is 6.30. The molecule has 124 valence electrons. The SMILES string of the molecule is CN1CC[C@H](CNC(=O)C2=CCCC2)[C@@H]1c1ccc(Cl)c(F)c1. The summed E-state index contributed by atoms with van der Waals surface area (Å²) in [5, 5.41) is 3.20. The molecule has 1 aliphatic carbocycles. The molecule has 1 fully saturated rings. The lowest BCUT2D eigenvalue weighted by molar-refractivity contribution is -0.117. The Hall–Kier alpha value is -1.39. The summed E-state index contributed by atoms with van der Waals surface area (Å²) < 4.78 is 13.8. The summed E-state index contributed by atoms with van der Waals surface area (Å²) in [7, 11) is 2.04. The molecule has 0 spiro atoms. The van der Waals surface area contributed by atoms with Crippen LogP contribution >= 0.6 is 11.6 Å². The quantitative estimate of drug-likeness (QED) is 0.909. The fourth-order valence-electron chi connectivity index (χ4n) is 3.68. The molecular formula is C18H22ClFN2O. The molecule has 23 heavy (non-hydrogen) atoms. The van der Waals surface area contributed by atoms with Crippen LogP contribution in [0, 0.1) is 11.7 Å². The molecule has 3 nitrogen and oxygen atoms in total. The van der Waals surface area contributed by atoms with Gasteiger partial charge in [-0.3, -0.25) is 9.69 Å². The molecule has 2 aliphatic rings. The Balaban J connectivity index is 1.68. The molecule has 1 heterocycles. The minimum atomic E-state index is -0.386. The topological polar surface area (TPSA) is 32.3 Å². The highest BCUT2D eigenvalue weighted by Crippen LogP contribution is 2.36. The molecule has 0 unspecified atom stereocenters. The highest BCUT2D eigenvalue weighted by atomic mass is 35.5. The molecular weight excluding hydrogens is 315 g/mol. The summed E-state index contributed by atoms with van der Waals surface area (Å²) in [5.74, 6) is -0.0482. The molecule has 2 atom stereocenters. The number of carbonyl (C=O) groups excluding carboxylic acids is 1. The Kier molecular flexibility index (Phi) is 5.02. The van der Waals surface area contributed by atoms with Gasteiger partial charge < -0.3 is 5.32 Å². The van der Waals surface area contributed by atoms with Crippen LogP contribution in [0.4, 0.5) is 4.39 Å². The minimum Gasteiger partial charge on any atom is -0.352 e. The fraction of sp³-hybridized carbons (Fsp3) is 0.500. The van der Waals surface area contributed by atoms with Crippen LogP contribution in [0.1, 0.15) is 37.3 Å². The lowest BCUT2D eigenvalue weighted by atomic mass is 9.93. The number of halogens is 2. The molecule has 1 N–H and O–H groups in total. The van der Waals surface area contributed by atoms with Gasteiger partial charge >= 0.3 is 0 Å². The predicted molar refractivity (Wildman–Crippen MR) is 89.8 cm³/mol. The second kappa shape index (κ2) is 7.02. The van der Waals surface area contributed by atoms with Gasteiger partial charge in [0.25, 0.3) is 0 Å². The highest BCUT2D eigenvalue weighted by Gasteiger charge is 2.33. The number of nitrogens with zero attached hydrogens (tertiary/aromatic N) is 1. The molecule has 0 bridgehead atoms. The third-order valence-electron chi connectivity index (χ3n) is 4.92. The van der Waals surface area contributed by atoms with Gasteiger partial charge in [0.2, 0.25) is 5.91 Å². The van der Waals surface area contributed by atoms with E-state index in [9.17, 15) is 9.18 Å². The van der Waals surface area contributed by atoms with E-state index in [1.165, 1.54) is 6.07 Å². The zero-order valence-electron chi connectivity index (χ0n) is 13.3. The Bertz CT molecular complexity index is 631. The molecule has 1 saturated heterocycles. The summed E-state index contributed by atoms with van der Waals surface area (Å²) in [5.41, 5.74) is 1.83. The van der Waals surface area contributed by atoms with E-state index in [1.54, 1.807) is 6.07 Å². The van der Waals surface area contributed by atoms with Gasteiger partial charge in [0.15, 0.2) is 0 Å². The first-order chi connectivity index (χ1) is 11.1. The van der Waals surface area contributed by atoms with Gasteiger partial charge in [0.05, 0.1) is 5.02 Å². The van der Waals surface area contributed by atoms with Crippen LogP contribution in [-0.4, -0.2) is 30.9 Å². The van der Waals surface area contributed by atoms with Gasteiger partial charge in [-0.15, -0.1) is 0 Å². The van der Waals surface area contributed by atoms with Crippen molar-refractivity contribution in [3.05, 3.63) is 46.3 Å². The zero-order valence-corrected chi connectivity index (χ0v) is 14.1. The summed E-state index contributed by atoms with van der Waals surface area (Å²) in [6, 6.07) is 5.12. The van der Waals surface area contributed by atoms with Gasteiger partial charge in [0.1, 0.15) is 5.82 Å². The normalized spacial score (nSPS) is 24.7. The summed E-state index contributed by atoms with van der Waals surface area (Å²) >= 11 is 5.78. The Morgan fingerprint density at radius 1 is 1.48 bits per heavy atom. The number of benzene rings is 1. The Labute approximate surface area is 141 Å². The number of likely N-dealkylation sites (tertiary alicyclic amines) is 1. The largest absolute Gasteiger partial charge is 0.352 e. The molecule has 0 saturated carbocycles. The van der Waals surface area contributed by atoms with E-state index in [2.05, 4.69) is 10.2 Å². The second-order valence-corrected chi connectivity index (χ2v) is 6.89. The first-order valence-corrected chi connectivity index (χ1v) is 8.56. The maximum absolute atomic E-state index is 13.8. The van der Waals surface area contributed by atoms with E-state index in [0.29, 0.717) is 6.54 Å². The number of nitrogens with one attached hydrogen (secondary N) is 1. The maximum atomic E-state index is 13.8. The number of rotatable bonds is 4. The van der Waals surface area contributed by atoms with Gasteiger partial charge in [0, 0.05) is 18.2 Å². The van der Waals surface area contributed by atoms with E-state index < -0.39 is 0 Å². The number of carbonyl (C=O) groups is 1. The van der Waals surface area contributed by atoms with E-state index in [1.807, 2.05) is 19.2 Å². The van der Waals surface area contributed by atoms with Crippen LogP contribution in [-0.2, 0) is 4.79 Å². The third kappa shape index (κ3) is 3.59. The van der Waals surface area contributed by atoms with Crippen molar-refractivity contribution >= 4 is 17.5 Å². The first-order valence-electron chi connectivity index (χ1n) is 8.18. The Morgan fingerprint density at radius 2 is 2.30 bits per heavy atom. The monoisotopic (exact) mass is 336 g/mol. The van der Waals surface area contributed by atoms with Gasteiger partial charge in [-0.25, -0.2) is 4.39 Å². The molecule has 1 aromatic rings. The number of hydrogen-bond acceptors (Lipinski definition) is 2.